The molecule has 51 heavy (non-hydrogen) atoms. The number of aromatic hydroxyl groups is 1. The van der Waals surface area contributed by atoms with Crippen LogP contribution in [-0.4, -0.2) is 94.6 Å². The molecule has 1 aromatic heterocycles. The van der Waals surface area contributed by atoms with Crippen molar-refractivity contribution in [2.45, 2.75) is 38.4 Å². The van der Waals surface area contributed by atoms with Gasteiger partial charge in [0, 0.05) is 67.5 Å². The Labute approximate surface area is 302 Å². The van der Waals surface area contributed by atoms with E-state index in [1.54, 1.807) is 18.2 Å². The highest BCUT2D eigenvalue weighted by Gasteiger charge is 2.39. The van der Waals surface area contributed by atoms with Gasteiger partial charge in [-0.25, -0.2) is 9.97 Å². The van der Waals surface area contributed by atoms with E-state index in [9.17, 15) is 14.7 Å². The van der Waals surface area contributed by atoms with Gasteiger partial charge in [0.25, 0.3) is 11.8 Å². The Morgan fingerprint density at radius 2 is 1.75 bits per heavy atom. The molecule has 0 spiro atoms. The van der Waals surface area contributed by atoms with Crippen molar-refractivity contribution in [1.29, 1.82) is 0 Å². The van der Waals surface area contributed by atoms with Gasteiger partial charge >= 0.3 is 0 Å². The van der Waals surface area contributed by atoms with Crippen LogP contribution in [0.4, 0.5) is 11.5 Å². The van der Waals surface area contributed by atoms with Crippen LogP contribution in [0, 0.1) is 0 Å². The SMILES string of the molecule is COc1cnc(N(C(=O)C2=C(C)N(C)C(c3cc(Cl)ccc3C(=O)N3Cc4ccccc4C[C@H]3CN3CCOCC3)C2)c2ccc(O)cc2)cn1. The third-order valence-corrected chi connectivity index (χ3v) is 10.5. The normalized spacial score (nSPS) is 19.2. The van der Waals surface area contributed by atoms with E-state index in [1.807, 2.05) is 42.0 Å². The number of methoxy groups -OCH3 is 1. The summed E-state index contributed by atoms with van der Waals surface area (Å²) >= 11 is 6.64. The highest BCUT2D eigenvalue weighted by atomic mass is 35.5. The summed E-state index contributed by atoms with van der Waals surface area (Å²) in [5, 5.41) is 10.5. The Hall–Kier alpha value is -4.97. The van der Waals surface area contributed by atoms with Crippen LogP contribution in [0.15, 0.2) is 90.4 Å². The molecule has 7 rings (SSSR count). The molecule has 1 saturated heterocycles. The quantitative estimate of drug-likeness (QED) is 0.244. The fraction of sp³-hybridized carbons (Fsp3) is 0.333. The van der Waals surface area contributed by atoms with Crippen molar-refractivity contribution >= 4 is 34.9 Å². The molecule has 3 aromatic carbocycles. The molecule has 0 radical (unpaired) electrons. The predicted molar refractivity (Wildman–Crippen MR) is 194 cm³/mol. The lowest BCUT2D eigenvalue weighted by Crippen LogP contribution is -2.52. The van der Waals surface area contributed by atoms with Gasteiger partial charge in [0.1, 0.15) is 5.75 Å². The van der Waals surface area contributed by atoms with E-state index in [1.165, 1.54) is 42.1 Å². The summed E-state index contributed by atoms with van der Waals surface area (Å²) in [5.74, 6) is 0.341. The summed E-state index contributed by atoms with van der Waals surface area (Å²) in [7, 11) is 3.43. The van der Waals surface area contributed by atoms with Crippen LogP contribution in [0.5, 0.6) is 11.6 Å². The number of amides is 2. The highest BCUT2D eigenvalue weighted by Crippen LogP contribution is 2.42. The number of hydrogen-bond acceptors (Lipinski definition) is 9. The second-order valence-corrected chi connectivity index (χ2v) is 13.6. The standard InChI is InChI=1S/C39H41ClN6O5/c1-25-33(39(49)46(29-9-11-31(47)12-10-29)36-21-42-37(50-3)22-41-36)20-35(43(25)2)34-19-28(40)8-13-32(34)38(48)45-23-27-7-5-4-6-26(27)18-30(45)24-44-14-16-51-17-15-44/h4-13,19,21-22,30,35,47H,14-18,20,23-24H2,1-3H3/t30-,35?/m0/s1. The van der Waals surface area contributed by atoms with Crippen LogP contribution >= 0.6 is 11.6 Å². The minimum absolute atomic E-state index is 0.0168. The van der Waals surface area contributed by atoms with Crippen molar-refractivity contribution in [3.05, 3.63) is 118 Å². The number of nitrogens with zero attached hydrogens (tertiary/aromatic N) is 6. The Balaban J connectivity index is 1.21. The van der Waals surface area contributed by atoms with Crippen molar-refractivity contribution in [2.24, 2.45) is 0 Å². The molecule has 0 saturated carbocycles. The Morgan fingerprint density at radius 1 is 1.00 bits per heavy atom. The average molecular weight is 709 g/mol. The first kappa shape index (κ1) is 34.5. The molecule has 12 heteroatoms. The Morgan fingerprint density at radius 3 is 2.45 bits per heavy atom. The van der Waals surface area contributed by atoms with Gasteiger partial charge in [0.15, 0.2) is 5.82 Å². The van der Waals surface area contributed by atoms with Crippen LogP contribution in [-0.2, 0) is 22.5 Å². The number of benzene rings is 3. The number of morpholine rings is 1. The summed E-state index contributed by atoms with van der Waals surface area (Å²) in [6, 6.07) is 19.8. The Bertz CT molecular complexity index is 1950. The van der Waals surface area contributed by atoms with Gasteiger partial charge in [-0.15, -0.1) is 0 Å². The van der Waals surface area contributed by atoms with E-state index in [2.05, 4.69) is 33.1 Å². The second-order valence-electron chi connectivity index (χ2n) is 13.2. The maximum atomic E-state index is 14.8. The molecule has 0 bridgehead atoms. The zero-order chi connectivity index (χ0) is 35.6. The number of carbonyl (C=O) groups excluding carboxylic acids is 2. The van der Waals surface area contributed by atoms with Gasteiger partial charge in [-0.2, -0.15) is 0 Å². The molecule has 11 nitrogen and oxygen atoms in total. The molecular formula is C39H41ClN6O5. The van der Waals surface area contributed by atoms with E-state index >= 15 is 0 Å². The zero-order valence-electron chi connectivity index (χ0n) is 29.0. The average Bonchev–Trinajstić information content (AvgIpc) is 3.45. The number of carbonyl (C=O) groups is 2. The van der Waals surface area contributed by atoms with Crippen molar-refractivity contribution in [3.63, 3.8) is 0 Å². The topological polar surface area (TPSA) is 112 Å². The number of aromatic nitrogens is 2. The van der Waals surface area contributed by atoms with Crippen LogP contribution in [0.2, 0.25) is 5.02 Å². The highest BCUT2D eigenvalue weighted by molar-refractivity contribution is 6.30. The second kappa shape index (κ2) is 14.7. The van der Waals surface area contributed by atoms with Crippen molar-refractivity contribution in [3.8, 4) is 11.6 Å². The lowest BCUT2D eigenvalue weighted by molar-refractivity contribution is -0.114. The summed E-state index contributed by atoms with van der Waals surface area (Å²) in [5.41, 5.74) is 5.60. The van der Waals surface area contributed by atoms with Gasteiger partial charge in [0.2, 0.25) is 5.88 Å². The number of anilines is 2. The number of fused-ring (bicyclic) bond motifs is 1. The number of ether oxygens (including phenoxy) is 2. The minimum Gasteiger partial charge on any atom is -0.508 e. The first-order valence-corrected chi connectivity index (χ1v) is 17.5. The molecule has 1 unspecified atom stereocenters. The number of allylic oxidation sites excluding steroid dienone is 1. The van der Waals surface area contributed by atoms with E-state index in [0.717, 1.165) is 42.9 Å². The monoisotopic (exact) mass is 708 g/mol. The molecule has 4 heterocycles. The third kappa shape index (κ3) is 7.01. The smallest absolute Gasteiger partial charge is 0.261 e. The van der Waals surface area contributed by atoms with E-state index < -0.39 is 0 Å². The number of hydrogen-bond donors (Lipinski definition) is 1. The van der Waals surface area contributed by atoms with Crippen LogP contribution in [0.25, 0.3) is 0 Å². The van der Waals surface area contributed by atoms with Crippen molar-refractivity contribution < 1.29 is 24.2 Å². The maximum Gasteiger partial charge on any atom is 0.261 e. The molecule has 3 aliphatic rings. The summed E-state index contributed by atoms with van der Waals surface area (Å²) < 4.78 is 10.8. The molecule has 2 amide bonds. The lowest BCUT2D eigenvalue weighted by atomic mass is 9.91. The first-order chi connectivity index (χ1) is 24.7. The fourth-order valence-corrected chi connectivity index (χ4v) is 7.52. The Kier molecular flexibility index (Phi) is 9.95. The van der Waals surface area contributed by atoms with Crippen LogP contribution in [0.3, 0.4) is 0 Å². The maximum absolute atomic E-state index is 14.8. The van der Waals surface area contributed by atoms with Gasteiger partial charge in [0.05, 0.1) is 44.4 Å². The molecular weight excluding hydrogens is 668 g/mol. The molecule has 2 atom stereocenters. The molecule has 264 valence electrons. The zero-order valence-corrected chi connectivity index (χ0v) is 29.7. The largest absolute Gasteiger partial charge is 0.508 e. The number of rotatable bonds is 8. The van der Waals surface area contributed by atoms with Gasteiger partial charge in [-0.1, -0.05) is 35.9 Å². The van der Waals surface area contributed by atoms with Crippen LogP contribution in [0.1, 0.15) is 46.4 Å². The molecule has 0 aliphatic carbocycles. The molecule has 4 aromatic rings. The van der Waals surface area contributed by atoms with E-state index in [4.69, 9.17) is 21.1 Å². The summed E-state index contributed by atoms with van der Waals surface area (Å²) in [4.78, 5) is 46.0. The molecule has 1 fully saturated rings. The predicted octanol–water partition coefficient (Wildman–Crippen LogP) is 5.76. The third-order valence-electron chi connectivity index (χ3n) is 10.2. The number of phenolic OH excluding ortho intramolecular Hbond substituents is 1. The van der Waals surface area contributed by atoms with Gasteiger partial charge in [-0.3, -0.25) is 19.4 Å². The van der Waals surface area contributed by atoms with E-state index in [-0.39, 0.29) is 29.6 Å². The first-order valence-electron chi connectivity index (χ1n) is 17.1. The van der Waals surface area contributed by atoms with Crippen molar-refractivity contribution in [1.82, 2.24) is 24.7 Å². The van der Waals surface area contributed by atoms with Gasteiger partial charge < -0.3 is 24.4 Å². The lowest BCUT2D eigenvalue weighted by Gasteiger charge is -2.41. The number of phenols is 1. The van der Waals surface area contributed by atoms with Crippen LogP contribution < -0.4 is 9.64 Å². The summed E-state index contributed by atoms with van der Waals surface area (Å²) in [6.45, 7) is 6.24. The molecule has 1 N–H and O–H groups in total. The fourth-order valence-electron chi connectivity index (χ4n) is 7.33. The number of halogens is 1. The van der Waals surface area contributed by atoms with Crippen molar-refractivity contribution in [2.75, 3.05) is 51.9 Å². The minimum atomic E-state index is -0.333. The van der Waals surface area contributed by atoms with E-state index in [0.29, 0.717) is 59.7 Å². The molecule has 3 aliphatic heterocycles. The van der Waals surface area contributed by atoms with Gasteiger partial charge in [-0.05, 0) is 72.5 Å². The summed E-state index contributed by atoms with van der Waals surface area (Å²) in [6.07, 6.45) is 4.04.